The Kier molecular flexibility index (Phi) is 3.83. The Labute approximate surface area is 162 Å². The van der Waals surface area contributed by atoms with Crippen LogP contribution < -0.4 is 4.74 Å². The van der Waals surface area contributed by atoms with Crippen LogP contribution in [0.25, 0.3) is 0 Å². The third kappa shape index (κ3) is 2.64. The molecule has 2 aromatic carbocycles. The predicted octanol–water partition coefficient (Wildman–Crippen LogP) is 5.89. The van der Waals surface area contributed by atoms with Crippen molar-refractivity contribution in [2.75, 3.05) is 0 Å². The summed E-state index contributed by atoms with van der Waals surface area (Å²) in [6.07, 6.45) is 0.460. The summed E-state index contributed by atoms with van der Waals surface area (Å²) in [5.41, 5.74) is 3.08. The zero-order chi connectivity index (χ0) is 17.7. The van der Waals surface area contributed by atoms with Crippen molar-refractivity contribution in [1.82, 2.24) is 5.01 Å². The number of thiophene rings is 1. The average molecular weight is 429 g/mol. The normalized spacial score (nSPS) is 21.0. The maximum Gasteiger partial charge on any atom is 0.213 e. The van der Waals surface area contributed by atoms with Crippen molar-refractivity contribution in [3.05, 3.63) is 86.3 Å². The van der Waals surface area contributed by atoms with E-state index in [0.29, 0.717) is 0 Å². The highest BCUT2D eigenvalue weighted by atomic mass is 79.9. The van der Waals surface area contributed by atoms with Gasteiger partial charge in [-0.15, -0.1) is 11.3 Å². The number of hydrogen-bond acceptors (Lipinski definition) is 4. The number of para-hydroxylation sites is 1. The molecule has 1 aromatic heterocycles. The Hall–Kier alpha value is -2.18. The Morgan fingerprint density at radius 1 is 1.08 bits per heavy atom. The van der Waals surface area contributed by atoms with Crippen molar-refractivity contribution in [2.45, 2.75) is 18.7 Å². The second kappa shape index (κ2) is 6.21. The van der Waals surface area contributed by atoms with Gasteiger partial charge in [-0.05, 0) is 46.3 Å². The molecule has 2 aliphatic heterocycles. The molecule has 3 nitrogen and oxygen atoms in total. The monoisotopic (exact) mass is 428 g/mol. The molecule has 0 bridgehead atoms. The molecule has 0 spiro atoms. The molecule has 2 unspecified atom stereocenters. The lowest BCUT2D eigenvalue weighted by Gasteiger charge is -2.38. The van der Waals surface area contributed by atoms with Gasteiger partial charge in [0, 0.05) is 17.5 Å². The van der Waals surface area contributed by atoms with Crippen molar-refractivity contribution < 1.29 is 9.13 Å². The average Bonchev–Trinajstić information content (AvgIpc) is 3.28. The number of hydrazone groups is 1. The molecule has 2 aliphatic rings. The maximum atomic E-state index is 13.4. The molecule has 3 aromatic rings. The van der Waals surface area contributed by atoms with E-state index in [1.165, 1.54) is 12.1 Å². The Morgan fingerprint density at radius 3 is 2.65 bits per heavy atom. The molecular weight excluding hydrogens is 415 g/mol. The molecule has 0 saturated heterocycles. The second-order valence-electron chi connectivity index (χ2n) is 6.31. The van der Waals surface area contributed by atoms with Crippen molar-refractivity contribution in [3.63, 3.8) is 0 Å². The van der Waals surface area contributed by atoms with E-state index in [1.54, 1.807) is 23.5 Å². The number of hydrogen-bond donors (Lipinski definition) is 0. The molecule has 0 amide bonds. The molecule has 0 fully saturated rings. The van der Waals surface area contributed by atoms with Crippen LogP contribution in [0.4, 0.5) is 4.39 Å². The molecule has 3 heterocycles. The SMILES string of the molecule is Fc1ccc(C2Oc3ccccc3C3CC(c4ccc(Br)s4)=NN32)cc1. The van der Waals surface area contributed by atoms with Crippen LogP contribution in [0.3, 0.4) is 0 Å². The van der Waals surface area contributed by atoms with E-state index in [0.717, 1.165) is 37.7 Å². The van der Waals surface area contributed by atoms with Crippen LogP contribution in [0.1, 0.15) is 34.7 Å². The topological polar surface area (TPSA) is 24.8 Å². The minimum Gasteiger partial charge on any atom is -0.464 e. The molecule has 6 heteroatoms. The Morgan fingerprint density at radius 2 is 1.88 bits per heavy atom. The van der Waals surface area contributed by atoms with Gasteiger partial charge in [-0.3, -0.25) is 0 Å². The van der Waals surface area contributed by atoms with Crippen LogP contribution >= 0.6 is 27.3 Å². The zero-order valence-electron chi connectivity index (χ0n) is 13.6. The van der Waals surface area contributed by atoms with E-state index in [9.17, 15) is 4.39 Å². The first-order chi connectivity index (χ1) is 12.7. The fraction of sp³-hybridized carbons (Fsp3) is 0.150. The molecule has 130 valence electrons. The van der Waals surface area contributed by atoms with Crippen molar-refractivity contribution >= 4 is 33.0 Å². The number of nitrogens with zero attached hydrogens (tertiary/aromatic N) is 2. The van der Waals surface area contributed by atoms with Gasteiger partial charge in [0.1, 0.15) is 11.6 Å². The molecule has 26 heavy (non-hydrogen) atoms. The van der Waals surface area contributed by atoms with E-state index in [1.807, 2.05) is 29.3 Å². The van der Waals surface area contributed by atoms with E-state index in [4.69, 9.17) is 9.84 Å². The largest absolute Gasteiger partial charge is 0.464 e. The highest BCUT2D eigenvalue weighted by molar-refractivity contribution is 9.11. The number of ether oxygens (including phenoxy) is 1. The van der Waals surface area contributed by atoms with Crippen LogP contribution in [-0.4, -0.2) is 10.7 Å². The van der Waals surface area contributed by atoms with Gasteiger partial charge in [0.05, 0.1) is 20.4 Å². The number of fused-ring (bicyclic) bond motifs is 3. The molecule has 0 N–H and O–H groups in total. The quantitative estimate of drug-likeness (QED) is 0.507. The van der Waals surface area contributed by atoms with Crippen molar-refractivity contribution in [1.29, 1.82) is 0 Å². The number of halogens is 2. The first kappa shape index (κ1) is 16.0. The third-order valence-corrected chi connectivity index (χ3v) is 6.38. The summed E-state index contributed by atoms with van der Waals surface area (Å²) >= 11 is 5.21. The van der Waals surface area contributed by atoms with E-state index in [2.05, 4.69) is 28.1 Å². The minimum atomic E-state index is -0.364. The first-order valence-corrected chi connectivity index (χ1v) is 9.92. The van der Waals surface area contributed by atoms with Gasteiger partial charge < -0.3 is 4.74 Å². The minimum absolute atomic E-state index is 0.117. The molecular formula is C20H14BrFN2OS. The fourth-order valence-corrected chi connectivity index (χ4v) is 4.88. The zero-order valence-corrected chi connectivity index (χ0v) is 16.0. The molecule has 0 aliphatic carbocycles. The van der Waals surface area contributed by atoms with Crippen LogP contribution in [0.15, 0.2) is 69.6 Å². The maximum absolute atomic E-state index is 13.4. The van der Waals surface area contributed by atoms with Gasteiger partial charge >= 0.3 is 0 Å². The highest BCUT2D eigenvalue weighted by Crippen LogP contribution is 2.47. The van der Waals surface area contributed by atoms with Gasteiger partial charge in [0.15, 0.2) is 0 Å². The van der Waals surface area contributed by atoms with Crippen LogP contribution in [-0.2, 0) is 0 Å². The summed E-state index contributed by atoms with van der Waals surface area (Å²) in [5, 5.41) is 6.91. The molecule has 5 rings (SSSR count). The summed E-state index contributed by atoms with van der Waals surface area (Å²) in [6, 6.07) is 18.8. The van der Waals surface area contributed by atoms with Crippen LogP contribution in [0.2, 0.25) is 0 Å². The van der Waals surface area contributed by atoms with Crippen molar-refractivity contribution in [2.24, 2.45) is 5.10 Å². The van der Waals surface area contributed by atoms with Gasteiger partial charge in [0.25, 0.3) is 0 Å². The Balaban J connectivity index is 1.59. The van der Waals surface area contributed by atoms with E-state index in [-0.39, 0.29) is 18.1 Å². The summed E-state index contributed by atoms with van der Waals surface area (Å²) in [6.45, 7) is 0. The molecule has 0 radical (unpaired) electrons. The van der Waals surface area contributed by atoms with Crippen LogP contribution in [0, 0.1) is 5.82 Å². The van der Waals surface area contributed by atoms with Crippen LogP contribution in [0.5, 0.6) is 5.75 Å². The predicted molar refractivity (Wildman–Crippen MR) is 104 cm³/mol. The van der Waals surface area contributed by atoms with Gasteiger partial charge in [-0.25, -0.2) is 9.40 Å². The fourth-order valence-electron chi connectivity index (χ4n) is 3.50. The van der Waals surface area contributed by atoms with Crippen molar-refractivity contribution in [3.8, 4) is 5.75 Å². The Bertz CT molecular complexity index is 1000. The molecule has 0 saturated carbocycles. The van der Waals surface area contributed by atoms with Gasteiger partial charge in [-0.2, -0.15) is 5.10 Å². The molecule has 2 atom stereocenters. The number of rotatable bonds is 2. The van der Waals surface area contributed by atoms with Gasteiger partial charge in [0.2, 0.25) is 6.23 Å². The third-order valence-electron chi connectivity index (χ3n) is 4.71. The lowest BCUT2D eigenvalue weighted by molar-refractivity contribution is -0.0190. The van der Waals surface area contributed by atoms with E-state index >= 15 is 0 Å². The second-order valence-corrected chi connectivity index (χ2v) is 8.77. The smallest absolute Gasteiger partial charge is 0.213 e. The standard InChI is InChI=1S/C20H14BrFN2OS/c21-19-10-9-18(26-19)15-11-16-14-3-1-2-4-17(14)25-20(24(16)23-15)12-5-7-13(22)8-6-12/h1-10,16,20H,11H2. The summed E-state index contributed by atoms with van der Waals surface area (Å²) in [7, 11) is 0. The number of benzene rings is 2. The lowest BCUT2D eigenvalue weighted by atomic mass is 9.98. The highest BCUT2D eigenvalue weighted by Gasteiger charge is 2.41. The summed E-state index contributed by atoms with van der Waals surface area (Å²) in [4.78, 5) is 1.15. The van der Waals surface area contributed by atoms with E-state index < -0.39 is 0 Å². The lowest BCUT2D eigenvalue weighted by Crippen LogP contribution is -2.33. The van der Waals surface area contributed by atoms with Gasteiger partial charge in [-0.1, -0.05) is 30.3 Å². The summed E-state index contributed by atoms with van der Waals surface area (Å²) < 4.78 is 20.7. The summed E-state index contributed by atoms with van der Waals surface area (Å²) in [5.74, 6) is 0.613. The first-order valence-electron chi connectivity index (χ1n) is 8.31.